The minimum Gasteiger partial charge on any atom is -0.346 e. The first-order valence-electron chi connectivity index (χ1n) is 8.58. The third kappa shape index (κ3) is 5.02. The Labute approximate surface area is 166 Å². The maximum Gasteiger partial charge on any atom is 0.244 e. The van der Waals surface area contributed by atoms with Gasteiger partial charge in [-0.05, 0) is 60.5 Å². The Bertz CT molecular complexity index is 1020. The number of nitrogens with one attached hydrogen (secondary N) is 1. The predicted molar refractivity (Wildman–Crippen MR) is 107 cm³/mol. The number of aromatic nitrogens is 1. The van der Waals surface area contributed by atoms with Crippen LogP contribution in [0.3, 0.4) is 0 Å². The topological polar surface area (TPSA) is 42.0 Å². The van der Waals surface area contributed by atoms with Crippen molar-refractivity contribution in [2.45, 2.75) is 13.0 Å². The van der Waals surface area contributed by atoms with Crippen molar-refractivity contribution in [2.75, 3.05) is 0 Å². The molecule has 1 atom stereocenters. The molecule has 1 amide bonds. The Morgan fingerprint density at radius 3 is 2.68 bits per heavy atom. The molecule has 0 saturated carbocycles. The maximum absolute atomic E-state index is 13.6. The van der Waals surface area contributed by atoms with E-state index >= 15 is 0 Å². The van der Waals surface area contributed by atoms with Gasteiger partial charge in [-0.3, -0.25) is 4.79 Å². The van der Waals surface area contributed by atoms with Crippen LogP contribution in [0, 0.1) is 11.6 Å². The molecule has 3 aromatic rings. The minimum absolute atomic E-state index is 0.0139. The molecule has 1 N–H and O–H groups in total. The summed E-state index contributed by atoms with van der Waals surface area (Å²) in [7, 11) is 0. The number of benzene rings is 2. The van der Waals surface area contributed by atoms with E-state index in [-0.39, 0.29) is 11.6 Å². The van der Waals surface area contributed by atoms with Gasteiger partial charge in [0.2, 0.25) is 5.91 Å². The summed E-state index contributed by atoms with van der Waals surface area (Å²) in [5.74, 6) is -1.57. The van der Waals surface area contributed by atoms with Crippen molar-refractivity contribution >= 4 is 23.6 Å². The number of pyridine rings is 1. The summed E-state index contributed by atoms with van der Waals surface area (Å²) in [5, 5.41) is 3.23. The number of hydrogen-bond acceptors (Lipinski definition) is 2. The van der Waals surface area contributed by atoms with E-state index in [4.69, 9.17) is 11.6 Å². The first-order valence-corrected chi connectivity index (χ1v) is 8.95. The Hall–Kier alpha value is -3.05. The van der Waals surface area contributed by atoms with Crippen molar-refractivity contribution in [3.05, 3.63) is 94.8 Å². The zero-order valence-electron chi connectivity index (χ0n) is 15.0. The van der Waals surface area contributed by atoms with Crippen LogP contribution in [0.25, 0.3) is 17.2 Å². The van der Waals surface area contributed by atoms with Gasteiger partial charge in [-0.2, -0.15) is 0 Å². The number of halogens is 3. The van der Waals surface area contributed by atoms with Crippen LogP contribution in [0.4, 0.5) is 8.78 Å². The van der Waals surface area contributed by atoms with Gasteiger partial charge in [-0.25, -0.2) is 13.8 Å². The maximum atomic E-state index is 13.6. The molecule has 2 aromatic carbocycles. The summed E-state index contributed by atoms with van der Waals surface area (Å²) >= 11 is 5.82. The lowest BCUT2D eigenvalue weighted by Crippen LogP contribution is -2.24. The van der Waals surface area contributed by atoms with E-state index in [2.05, 4.69) is 10.3 Å². The molecule has 0 aliphatic rings. The molecule has 0 bridgehead atoms. The summed E-state index contributed by atoms with van der Waals surface area (Å²) < 4.78 is 26.8. The molecule has 3 rings (SSSR count). The SMILES string of the molecule is CC(NC(=O)/C=C/c1cc(F)ccc1F)c1cccc(-c2ccc(Cl)nc2)c1. The van der Waals surface area contributed by atoms with E-state index in [1.807, 2.05) is 37.3 Å². The van der Waals surface area contributed by atoms with Crippen LogP contribution < -0.4 is 5.32 Å². The molecular weight excluding hydrogens is 382 g/mol. The highest BCUT2D eigenvalue weighted by Gasteiger charge is 2.09. The highest BCUT2D eigenvalue weighted by atomic mass is 35.5. The normalized spacial score (nSPS) is 12.1. The second kappa shape index (κ2) is 8.76. The summed E-state index contributed by atoms with van der Waals surface area (Å²) in [6, 6.07) is 14.1. The Balaban J connectivity index is 1.70. The summed E-state index contributed by atoms with van der Waals surface area (Å²) in [6.07, 6.45) is 4.11. The molecule has 142 valence electrons. The average Bonchev–Trinajstić information content (AvgIpc) is 2.69. The fraction of sp³-hybridized carbons (Fsp3) is 0.0909. The van der Waals surface area contributed by atoms with Crippen molar-refractivity contribution in [2.24, 2.45) is 0 Å². The zero-order valence-corrected chi connectivity index (χ0v) is 15.8. The van der Waals surface area contributed by atoms with Gasteiger partial charge < -0.3 is 5.32 Å². The van der Waals surface area contributed by atoms with E-state index < -0.39 is 17.5 Å². The lowest BCUT2D eigenvalue weighted by molar-refractivity contribution is -0.117. The van der Waals surface area contributed by atoms with E-state index in [1.165, 1.54) is 12.2 Å². The van der Waals surface area contributed by atoms with Crippen molar-refractivity contribution < 1.29 is 13.6 Å². The number of amides is 1. The van der Waals surface area contributed by atoms with Crippen molar-refractivity contribution in [3.8, 4) is 11.1 Å². The molecule has 1 heterocycles. The fourth-order valence-electron chi connectivity index (χ4n) is 2.69. The lowest BCUT2D eigenvalue weighted by Gasteiger charge is -2.14. The summed E-state index contributed by atoms with van der Waals surface area (Å²) in [4.78, 5) is 16.2. The van der Waals surface area contributed by atoms with Crippen LogP contribution in [-0.2, 0) is 4.79 Å². The van der Waals surface area contributed by atoms with Gasteiger partial charge in [-0.1, -0.05) is 29.8 Å². The van der Waals surface area contributed by atoms with Gasteiger partial charge >= 0.3 is 0 Å². The van der Waals surface area contributed by atoms with E-state index in [0.29, 0.717) is 5.15 Å². The Morgan fingerprint density at radius 2 is 1.93 bits per heavy atom. The molecule has 6 heteroatoms. The molecule has 0 aliphatic heterocycles. The van der Waals surface area contributed by atoms with Gasteiger partial charge in [-0.15, -0.1) is 0 Å². The van der Waals surface area contributed by atoms with Crippen LogP contribution in [0.2, 0.25) is 5.15 Å². The standard InChI is InChI=1S/C22H17ClF2N2O/c1-14(27-22(28)10-6-17-12-19(24)7-8-20(17)25)15-3-2-4-16(11-15)18-5-9-21(23)26-13-18/h2-14H,1H3,(H,27,28)/b10-6+. The lowest BCUT2D eigenvalue weighted by atomic mass is 10.0. The first-order chi connectivity index (χ1) is 13.4. The van der Waals surface area contributed by atoms with Crippen molar-refractivity contribution in [1.29, 1.82) is 0 Å². The molecule has 1 unspecified atom stereocenters. The number of rotatable bonds is 5. The second-order valence-electron chi connectivity index (χ2n) is 6.22. The van der Waals surface area contributed by atoms with Crippen LogP contribution in [0.15, 0.2) is 66.9 Å². The van der Waals surface area contributed by atoms with E-state index in [0.717, 1.165) is 34.9 Å². The molecule has 3 nitrogen and oxygen atoms in total. The van der Waals surface area contributed by atoms with Crippen molar-refractivity contribution in [3.63, 3.8) is 0 Å². The molecular formula is C22H17ClF2N2O. The van der Waals surface area contributed by atoms with Crippen LogP contribution in [-0.4, -0.2) is 10.9 Å². The fourth-order valence-corrected chi connectivity index (χ4v) is 2.80. The number of carbonyl (C=O) groups is 1. The van der Waals surface area contributed by atoms with Gasteiger partial charge in [0.15, 0.2) is 0 Å². The molecule has 0 spiro atoms. The second-order valence-corrected chi connectivity index (χ2v) is 6.61. The zero-order chi connectivity index (χ0) is 20.1. The van der Waals surface area contributed by atoms with E-state index in [9.17, 15) is 13.6 Å². The van der Waals surface area contributed by atoms with Gasteiger partial charge in [0.25, 0.3) is 0 Å². The highest BCUT2D eigenvalue weighted by Crippen LogP contribution is 2.23. The van der Waals surface area contributed by atoms with Gasteiger partial charge in [0.1, 0.15) is 16.8 Å². The molecule has 1 aromatic heterocycles. The molecule has 0 saturated heterocycles. The summed E-state index contributed by atoms with van der Waals surface area (Å²) in [5.41, 5.74) is 2.76. The highest BCUT2D eigenvalue weighted by molar-refractivity contribution is 6.29. The smallest absolute Gasteiger partial charge is 0.244 e. The third-order valence-electron chi connectivity index (χ3n) is 4.18. The molecule has 0 fully saturated rings. The van der Waals surface area contributed by atoms with Gasteiger partial charge in [0.05, 0.1) is 6.04 Å². The predicted octanol–water partition coefficient (Wildman–Crippen LogP) is 5.57. The number of carbonyl (C=O) groups excluding carboxylic acids is 1. The number of nitrogens with zero attached hydrogens (tertiary/aromatic N) is 1. The Kier molecular flexibility index (Phi) is 6.16. The molecule has 0 radical (unpaired) electrons. The Morgan fingerprint density at radius 1 is 1.11 bits per heavy atom. The largest absolute Gasteiger partial charge is 0.346 e. The first kappa shape index (κ1) is 19.7. The average molecular weight is 399 g/mol. The number of hydrogen-bond donors (Lipinski definition) is 1. The minimum atomic E-state index is -0.595. The van der Waals surface area contributed by atoms with Gasteiger partial charge in [0, 0.05) is 23.4 Å². The van der Waals surface area contributed by atoms with Crippen LogP contribution in [0.1, 0.15) is 24.1 Å². The third-order valence-corrected chi connectivity index (χ3v) is 4.40. The summed E-state index contributed by atoms with van der Waals surface area (Å²) in [6.45, 7) is 1.84. The van der Waals surface area contributed by atoms with E-state index in [1.54, 1.807) is 12.3 Å². The molecule has 28 heavy (non-hydrogen) atoms. The van der Waals surface area contributed by atoms with Crippen molar-refractivity contribution in [1.82, 2.24) is 10.3 Å². The quantitative estimate of drug-likeness (QED) is 0.451. The van der Waals surface area contributed by atoms with Crippen LogP contribution in [0.5, 0.6) is 0 Å². The monoisotopic (exact) mass is 398 g/mol. The molecule has 0 aliphatic carbocycles. The van der Waals surface area contributed by atoms with Crippen LogP contribution >= 0.6 is 11.6 Å².